The van der Waals surface area contributed by atoms with E-state index in [1.54, 1.807) is 0 Å². The lowest BCUT2D eigenvalue weighted by molar-refractivity contribution is 0.196. The van der Waals surface area contributed by atoms with E-state index in [0.29, 0.717) is 0 Å². The van der Waals surface area contributed by atoms with Crippen LogP contribution in [0.1, 0.15) is 30.6 Å². The number of fused-ring (bicyclic) bond motifs is 1. The van der Waals surface area contributed by atoms with Crippen molar-refractivity contribution in [1.29, 1.82) is 0 Å². The molecule has 1 aliphatic heterocycles. The summed E-state index contributed by atoms with van der Waals surface area (Å²) in [5, 5.41) is 9.57. The monoisotopic (exact) mass is 194 g/mol. The maximum atomic E-state index is 9.57. The van der Waals surface area contributed by atoms with Crippen LogP contribution in [0.5, 0.6) is 0 Å². The fourth-order valence-corrected chi connectivity index (χ4v) is 3.00. The average molecular weight is 194 g/mol. The maximum absolute atomic E-state index is 9.57. The Labute approximate surface area is 83.2 Å². The number of benzene rings is 1. The molecule has 1 aliphatic rings. The summed E-state index contributed by atoms with van der Waals surface area (Å²) in [6.07, 6.45) is 2.10. The van der Waals surface area contributed by atoms with E-state index in [1.807, 2.05) is 30.8 Å². The highest BCUT2D eigenvalue weighted by molar-refractivity contribution is 7.99. The van der Waals surface area contributed by atoms with Crippen LogP contribution in [0.3, 0.4) is 0 Å². The number of hydrogen-bond donors (Lipinski definition) is 1. The quantitative estimate of drug-likeness (QED) is 0.742. The van der Waals surface area contributed by atoms with Crippen molar-refractivity contribution in [3.05, 3.63) is 29.3 Å². The molecule has 1 unspecified atom stereocenters. The molecule has 0 radical (unpaired) electrons. The second kappa shape index (κ2) is 3.72. The van der Waals surface area contributed by atoms with Crippen LogP contribution in [-0.2, 0) is 6.42 Å². The summed E-state index contributed by atoms with van der Waals surface area (Å²) in [4.78, 5) is 1.32. The minimum atomic E-state index is -0.333. The molecule has 2 rings (SSSR count). The van der Waals surface area contributed by atoms with Gasteiger partial charge in [-0.05, 0) is 36.6 Å². The van der Waals surface area contributed by atoms with E-state index in [-0.39, 0.29) is 6.10 Å². The Hall–Kier alpha value is -0.470. The average Bonchev–Trinajstić information content (AvgIpc) is 2.17. The van der Waals surface area contributed by atoms with Crippen molar-refractivity contribution in [2.24, 2.45) is 0 Å². The second-order valence-corrected chi connectivity index (χ2v) is 4.57. The minimum absolute atomic E-state index is 0.333. The van der Waals surface area contributed by atoms with Gasteiger partial charge in [-0.1, -0.05) is 18.2 Å². The molecular formula is C11H14OS. The van der Waals surface area contributed by atoms with Gasteiger partial charge in [0.1, 0.15) is 0 Å². The van der Waals surface area contributed by atoms with Crippen LogP contribution in [0.2, 0.25) is 0 Å². The standard InChI is InChI=1S/C11H14OS/c1-8(12)10-6-2-4-9-5-3-7-13-11(9)10/h2,4,6,8,12H,3,5,7H2,1H3. The molecule has 2 heteroatoms. The Balaban J connectivity index is 2.46. The fourth-order valence-electron chi connectivity index (χ4n) is 1.74. The number of aliphatic hydroxyl groups is 1. The number of aryl methyl sites for hydroxylation is 1. The third kappa shape index (κ3) is 1.74. The van der Waals surface area contributed by atoms with Crippen molar-refractivity contribution in [1.82, 2.24) is 0 Å². The van der Waals surface area contributed by atoms with Crippen LogP contribution < -0.4 is 0 Å². The highest BCUT2D eigenvalue weighted by atomic mass is 32.2. The van der Waals surface area contributed by atoms with Gasteiger partial charge < -0.3 is 5.11 Å². The van der Waals surface area contributed by atoms with Gasteiger partial charge in [0.15, 0.2) is 0 Å². The van der Waals surface area contributed by atoms with E-state index in [0.717, 1.165) is 5.56 Å². The predicted octanol–water partition coefficient (Wildman–Crippen LogP) is 2.78. The highest BCUT2D eigenvalue weighted by Gasteiger charge is 2.15. The summed E-state index contributed by atoms with van der Waals surface area (Å²) in [7, 11) is 0. The molecule has 0 aliphatic carbocycles. The summed E-state index contributed by atoms with van der Waals surface area (Å²) < 4.78 is 0. The summed E-state index contributed by atoms with van der Waals surface area (Å²) in [5.41, 5.74) is 2.51. The van der Waals surface area contributed by atoms with Gasteiger partial charge in [-0.3, -0.25) is 0 Å². The molecule has 0 saturated heterocycles. The first-order valence-electron chi connectivity index (χ1n) is 4.71. The Morgan fingerprint density at radius 3 is 3.08 bits per heavy atom. The van der Waals surface area contributed by atoms with E-state index < -0.39 is 0 Å². The SMILES string of the molecule is CC(O)c1cccc2c1SCCC2. The van der Waals surface area contributed by atoms with Crippen molar-refractivity contribution in [2.75, 3.05) is 5.75 Å². The molecule has 70 valence electrons. The lowest BCUT2D eigenvalue weighted by Crippen LogP contribution is -2.03. The molecule has 1 atom stereocenters. The molecule has 13 heavy (non-hydrogen) atoms. The Bertz CT molecular complexity index is 307. The molecule has 1 nitrogen and oxygen atoms in total. The lowest BCUT2D eigenvalue weighted by Gasteiger charge is -2.19. The molecule has 1 N–H and O–H groups in total. The van der Waals surface area contributed by atoms with Gasteiger partial charge >= 0.3 is 0 Å². The number of rotatable bonds is 1. The zero-order chi connectivity index (χ0) is 9.26. The summed E-state index contributed by atoms with van der Waals surface area (Å²) >= 11 is 1.88. The third-order valence-electron chi connectivity index (χ3n) is 2.41. The molecule has 1 aromatic rings. The van der Waals surface area contributed by atoms with Gasteiger partial charge in [0.05, 0.1) is 6.10 Å². The molecule has 0 bridgehead atoms. The molecule has 0 fully saturated rings. The maximum Gasteiger partial charge on any atom is 0.0772 e. The largest absolute Gasteiger partial charge is 0.389 e. The zero-order valence-electron chi connectivity index (χ0n) is 7.79. The Morgan fingerprint density at radius 2 is 2.31 bits per heavy atom. The van der Waals surface area contributed by atoms with E-state index in [4.69, 9.17) is 0 Å². The third-order valence-corrected chi connectivity index (χ3v) is 3.69. The normalized spacial score (nSPS) is 18.0. The van der Waals surface area contributed by atoms with Crippen molar-refractivity contribution in [2.45, 2.75) is 30.8 Å². The summed E-state index contributed by atoms with van der Waals surface area (Å²) in [6.45, 7) is 1.84. The second-order valence-electron chi connectivity index (χ2n) is 3.46. The first-order valence-corrected chi connectivity index (χ1v) is 5.70. The minimum Gasteiger partial charge on any atom is -0.389 e. The van der Waals surface area contributed by atoms with Crippen LogP contribution in [0.15, 0.2) is 23.1 Å². The van der Waals surface area contributed by atoms with E-state index >= 15 is 0 Å². The smallest absolute Gasteiger partial charge is 0.0772 e. The number of aliphatic hydroxyl groups excluding tert-OH is 1. The van der Waals surface area contributed by atoms with Gasteiger partial charge in [0, 0.05) is 4.90 Å². The molecule has 0 aromatic heterocycles. The lowest BCUT2D eigenvalue weighted by atomic mass is 10.0. The van der Waals surface area contributed by atoms with Gasteiger partial charge in [-0.25, -0.2) is 0 Å². The van der Waals surface area contributed by atoms with E-state index in [2.05, 4.69) is 6.07 Å². The van der Waals surface area contributed by atoms with Gasteiger partial charge in [0.2, 0.25) is 0 Å². The first kappa shape index (κ1) is 9.10. The van der Waals surface area contributed by atoms with Crippen LogP contribution in [-0.4, -0.2) is 10.9 Å². The van der Waals surface area contributed by atoms with Crippen LogP contribution in [0, 0.1) is 0 Å². The summed E-state index contributed by atoms with van der Waals surface area (Å²) in [5.74, 6) is 1.19. The molecule has 1 aromatic carbocycles. The van der Waals surface area contributed by atoms with E-state index in [9.17, 15) is 5.11 Å². The fraction of sp³-hybridized carbons (Fsp3) is 0.455. The molecule has 0 saturated carbocycles. The van der Waals surface area contributed by atoms with Crippen molar-refractivity contribution >= 4 is 11.8 Å². The van der Waals surface area contributed by atoms with Crippen molar-refractivity contribution < 1.29 is 5.11 Å². The summed E-state index contributed by atoms with van der Waals surface area (Å²) in [6, 6.07) is 6.25. The van der Waals surface area contributed by atoms with Crippen LogP contribution in [0.4, 0.5) is 0 Å². The molecule has 0 amide bonds. The first-order chi connectivity index (χ1) is 6.29. The molecule has 1 heterocycles. The number of hydrogen-bond acceptors (Lipinski definition) is 2. The van der Waals surface area contributed by atoms with Gasteiger partial charge in [0.25, 0.3) is 0 Å². The van der Waals surface area contributed by atoms with Crippen molar-refractivity contribution in [3.8, 4) is 0 Å². The highest BCUT2D eigenvalue weighted by Crippen LogP contribution is 2.35. The van der Waals surface area contributed by atoms with E-state index in [1.165, 1.54) is 29.1 Å². The molecule has 0 spiro atoms. The van der Waals surface area contributed by atoms with Crippen LogP contribution >= 0.6 is 11.8 Å². The van der Waals surface area contributed by atoms with Crippen molar-refractivity contribution in [3.63, 3.8) is 0 Å². The Morgan fingerprint density at radius 1 is 1.46 bits per heavy atom. The number of thioether (sulfide) groups is 1. The zero-order valence-corrected chi connectivity index (χ0v) is 8.60. The Kier molecular flexibility index (Phi) is 2.61. The molecular weight excluding hydrogens is 180 g/mol. The topological polar surface area (TPSA) is 20.2 Å². The van der Waals surface area contributed by atoms with Crippen LogP contribution in [0.25, 0.3) is 0 Å². The van der Waals surface area contributed by atoms with Gasteiger partial charge in [-0.15, -0.1) is 11.8 Å². The van der Waals surface area contributed by atoms with Gasteiger partial charge in [-0.2, -0.15) is 0 Å². The predicted molar refractivity (Wildman–Crippen MR) is 56.1 cm³/mol.